The molecule has 2 saturated carbocycles. The topological polar surface area (TPSA) is 45.5 Å². The normalized spacial score (nSPS) is 25.9. The van der Waals surface area contributed by atoms with Gasteiger partial charge >= 0.3 is 6.03 Å². The zero-order chi connectivity index (χ0) is 12.7. The second-order valence-corrected chi connectivity index (χ2v) is 5.54. The molecule has 0 saturated heterocycles. The zero-order valence-corrected chi connectivity index (χ0v) is 11.0. The number of hydrogen-bond donors (Lipinski definition) is 1. The molecule has 0 spiro atoms. The van der Waals surface area contributed by atoms with Crippen LogP contribution in [0.1, 0.15) is 43.6 Å². The molecule has 1 N–H and O–H groups in total. The summed E-state index contributed by atoms with van der Waals surface area (Å²) in [5, 5.41) is 2.70. The van der Waals surface area contributed by atoms with E-state index in [2.05, 4.69) is 18.3 Å². The Morgan fingerprint density at radius 3 is 2.78 bits per heavy atom. The van der Waals surface area contributed by atoms with E-state index in [1.807, 2.05) is 11.0 Å². The van der Waals surface area contributed by atoms with Crippen LogP contribution in [0.4, 0.5) is 4.79 Å². The lowest BCUT2D eigenvalue weighted by atomic mass is 10.3. The monoisotopic (exact) mass is 248 g/mol. The van der Waals surface area contributed by atoms with Crippen LogP contribution in [0.2, 0.25) is 0 Å². The molecule has 0 radical (unpaired) electrons. The molecule has 2 aliphatic carbocycles. The molecular formula is C14H20N2O2. The van der Waals surface area contributed by atoms with Crippen LogP contribution >= 0.6 is 0 Å². The van der Waals surface area contributed by atoms with Crippen molar-refractivity contribution in [1.82, 2.24) is 10.2 Å². The summed E-state index contributed by atoms with van der Waals surface area (Å²) in [6.07, 6.45) is 3.45. The van der Waals surface area contributed by atoms with Gasteiger partial charge < -0.3 is 14.6 Å². The van der Waals surface area contributed by atoms with Crippen molar-refractivity contribution in [3.63, 3.8) is 0 Å². The molecule has 2 amide bonds. The molecule has 1 heterocycles. The van der Waals surface area contributed by atoms with E-state index in [4.69, 9.17) is 4.42 Å². The maximum absolute atomic E-state index is 11.8. The molecule has 0 aliphatic heterocycles. The van der Waals surface area contributed by atoms with Crippen LogP contribution in [0.5, 0.6) is 0 Å². The third-order valence-corrected chi connectivity index (χ3v) is 3.95. The van der Waals surface area contributed by atoms with Gasteiger partial charge in [-0.05, 0) is 37.3 Å². The smallest absolute Gasteiger partial charge is 0.317 e. The average Bonchev–Trinajstić information content (AvgIpc) is 3.28. The first kappa shape index (κ1) is 11.6. The fourth-order valence-corrected chi connectivity index (χ4v) is 2.46. The summed E-state index contributed by atoms with van der Waals surface area (Å²) in [6.45, 7) is 2.83. The van der Waals surface area contributed by atoms with Gasteiger partial charge in [0, 0.05) is 19.0 Å². The lowest BCUT2D eigenvalue weighted by molar-refractivity contribution is 0.188. The maximum atomic E-state index is 11.8. The largest absolute Gasteiger partial charge is 0.464 e. The summed E-state index contributed by atoms with van der Waals surface area (Å²) in [5.41, 5.74) is 0. The van der Waals surface area contributed by atoms with Crippen LogP contribution in [-0.2, 0) is 6.54 Å². The molecular weight excluding hydrogens is 228 g/mol. The Bertz CT molecular complexity index is 450. The Hall–Kier alpha value is -1.45. The van der Waals surface area contributed by atoms with Gasteiger partial charge in [-0.15, -0.1) is 0 Å². The quantitative estimate of drug-likeness (QED) is 0.890. The molecule has 0 aromatic carbocycles. The number of amides is 2. The Kier molecular flexibility index (Phi) is 2.80. The van der Waals surface area contributed by atoms with Crippen molar-refractivity contribution in [2.24, 2.45) is 5.92 Å². The minimum atomic E-state index is -0.00441. The predicted octanol–water partition coefficient (Wildman–Crippen LogP) is 2.71. The summed E-state index contributed by atoms with van der Waals surface area (Å²) in [5.74, 6) is 3.35. The molecule has 0 unspecified atom stereocenters. The number of carbonyl (C=O) groups excluding carboxylic acids is 1. The summed E-state index contributed by atoms with van der Waals surface area (Å²) >= 11 is 0. The third kappa shape index (κ3) is 2.24. The van der Waals surface area contributed by atoms with Gasteiger partial charge in [0.25, 0.3) is 0 Å². The molecule has 98 valence electrons. The van der Waals surface area contributed by atoms with Gasteiger partial charge in [0.15, 0.2) is 0 Å². The second kappa shape index (κ2) is 4.34. The van der Waals surface area contributed by atoms with Crippen molar-refractivity contribution in [2.75, 3.05) is 7.05 Å². The number of carbonyl (C=O) groups is 1. The van der Waals surface area contributed by atoms with E-state index in [-0.39, 0.29) is 6.03 Å². The number of urea groups is 1. The first-order chi connectivity index (χ1) is 8.69. The molecule has 2 atom stereocenters. The van der Waals surface area contributed by atoms with Crippen LogP contribution in [0.15, 0.2) is 16.5 Å². The van der Waals surface area contributed by atoms with E-state index in [9.17, 15) is 4.79 Å². The van der Waals surface area contributed by atoms with Gasteiger partial charge in [-0.25, -0.2) is 4.79 Å². The number of furan rings is 1. The molecule has 4 nitrogen and oxygen atoms in total. The van der Waals surface area contributed by atoms with Gasteiger partial charge in [0.1, 0.15) is 11.5 Å². The molecule has 0 bridgehead atoms. The molecule has 1 aromatic heterocycles. The van der Waals surface area contributed by atoms with E-state index in [1.165, 1.54) is 6.42 Å². The van der Waals surface area contributed by atoms with Crippen molar-refractivity contribution in [1.29, 1.82) is 0 Å². The highest BCUT2D eigenvalue weighted by Crippen LogP contribution is 2.47. The summed E-state index contributed by atoms with van der Waals surface area (Å²) < 4.78 is 5.86. The number of nitrogens with one attached hydrogen (secondary N) is 1. The van der Waals surface area contributed by atoms with Crippen LogP contribution in [0.3, 0.4) is 0 Å². The maximum Gasteiger partial charge on any atom is 0.317 e. The Labute approximate surface area is 107 Å². The van der Waals surface area contributed by atoms with Gasteiger partial charge in [0.2, 0.25) is 0 Å². The van der Waals surface area contributed by atoms with E-state index >= 15 is 0 Å². The predicted molar refractivity (Wildman–Crippen MR) is 68.3 cm³/mol. The second-order valence-electron chi connectivity index (χ2n) is 5.54. The van der Waals surface area contributed by atoms with Gasteiger partial charge in [0.05, 0.1) is 6.54 Å². The van der Waals surface area contributed by atoms with Gasteiger partial charge in [-0.1, -0.05) is 6.92 Å². The molecule has 4 heteroatoms. The Morgan fingerprint density at radius 1 is 1.50 bits per heavy atom. The summed E-state index contributed by atoms with van der Waals surface area (Å²) in [4.78, 5) is 13.6. The summed E-state index contributed by atoms with van der Waals surface area (Å²) in [6, 6.07) is 4.48. The highest BCUT2D eigenvalue weighted by molar-refractivity contribution is 5.74. The first-order valence-corrected chi connectivity index (χ1v) is 6.76. The molecule has 2 fully saturated rings. The first-order valence-electron chi connectivity index (χ1n) is 6.76. The minimum Gasteiger partial charge on any atom is -0.464 e. The van der Waals surface area contributed by atoms with Crippen molar-refractivity contribution in [3.8, 4) is 0 Å². The van der Waals surface area contributed by atoms with Crippen LogP contribution in [0.25, 0.3) is 0 Å². The fraction of sp³-hybridized carbons (Fsp3) is 0.643. The van der Waals surface area contributed by atoms with E-state index in [0.29, 0.717) is 18.5 Å². The standard InChI is InChI=1S/C14H20N2O2/c1-9-7-12(9)13-6-5-11(18-13)8-16(10-3-4-10)14(17)15-2/h5-6,9-10,12H,3-4,7-8H2,1-2H3,(H,15,17)/t9-,12-/m0/s1. The Morgan fingerprint density at radius 2 is 2.22 bits per heavy atom. The van der Waals surface area contributed by atoms with E-state index in [0.717, 1.165) is 30.3 Å². The molecule has 18 heavy (non-hydrogen) atoms. The minimum absolute atomic E-state index is 0.00441. The van der Waals surface area contributed by atoms with Gasteiger partial charge in [-0.2, -0.15) is 0 Å². The van der Waals surface area contributed by atoms with Crippen molar-refractivity contribution in [3.05, 3.63) is 23.7 Å². The number of hydrogen-bond acceptors (Lipinski definition) is 2. The van der Waals surface area contributed by atoms with Crippen molar-refractivity contribution < 1.29 is 9.21 Å². The van der Waals surface area contributed by atoms with Crippen LogP contribution < -0.4 is 5.32 Å². The van der Waals surface area contributed by atoms with Crippen molar-refractivity contribution >= 4 is 6.03 Å². The fourth-order valence-electron chi connectivity index (χ4n) is 2.46. The van der Waals surface area contributed by atoms with Crippen molar-refractivity contribution in [2.45, 2.75) is 44.7 Å². The molecule has 1 aromatic rings. The lowest BCUT2D eigenvalue weighted by Crippen LogP contribution is -2.38. The Balaban J connectivity index is 1.66. The molecule has 2 aliphatic rings. The van der Waals surface area contributed by atoms with E-state index in [1.54, 1.807) is 7.05 Å². The van der Waals surface area contributed by atoms with Crippen LogP contribution in [0, 0.1) is 5.92 Å². The number of rotatable bonds is 4. The lowest BCUT2D eigenvalue weighted by Gasteiger charge is -2.20. The molecule has 3 rings (SSSR count). The van der Waals surface area contributed by atoms with Crippen LogP contribution in [-0.4, -0.2) is 24.0 Å². The average molecular weight is 248 g/mol. The highest BCUT2D eigenvalue weighted by atomic mass is 16.3. The summed E-state index contributed by atoms with van der Waals surface area (Å²) in [7, 11) is 1.68. The number of nitrogens with zero attached hydrogens (tertiary/aromatic N) is 1. The SMILES string of the molecule is CNC(=O)N(Cc1ccc([C@H]2C[C@@H]2C)o1)C1CC1. The van der Waals surface area contributed by atoms with E-state index < -0.39 is 0 Å². The van der Waals surface area contributed by atoms with Gasteiger partial charge in [-0.3, -0.25) is 0 Å². The zero-order valence-electron chi connectivity index (χ0n) is 11.0. The highest BCUT2D eigenvalue weighted by Gasteiger charge is 2.37. The third-order valence-electron chi connectivity index (χ3n) is 3.95.